The summed E-state index contributed by atoms with van der Waals surface area (Å²) < 4.78 is 10.6. The first-order chi connectivity index (χ1) is 8.67. The minimum atomic E-state index is -0.561. The predicted molar refractivity (Wildman–Crippen MR) is 71.8 cm³/mol. The minimum Gasteiger partial charge on any atom is -0.479 e. The highest BCUT2D eigenvalue weighted by atomic mass is 16.6. The first-order valence-corrected chi connectivity index (χ1v) is 6.59. The lowest BCUT2D eigenvalue weighted by molar-refractivity contribution is -0.151. The number of aryl methyl sites for hydroxylation is 1. The molecule has 0 spiro atoms. The lowest BCUT2D eigenvalue weighted by atomic mass is 10.2. The average molecular weight is 250 g/mol. The second kappa shape index (κ2) is 7.75. The van der Waals surface area contributed by atoms with Gasteiger partial charge in [0.2, 0.25) is 0 Å². The molecule has 0 fully saturated rings. The van der Waals surface area contributed by atoms with Crippen LogP contribution < -0.4 is 4.74 Å². The highest BCUT2D eigenvalue weighted by Gasteiger charge is 2.15. The van der Waals surface area contributed by atoms with E-state index in [2.05, 4.69) is 13.8 Å². The lowest BCUT2D eigenvalue weighted by Crippen LogP contribution is -2.26. The van der Waals surface area contributed by atoms with E-state index in [0.717, 1.165) is 19.3 Å². The van der Waals surface area contributed by atoms with Crippen molar-refractivity contribution in [2.24, 2.45) is 0 Å². The number of hydrogen-bond acceptors (Lipinski definition) is 3. The van der Waals surface area contributed by atoms with Gasteiger partial charge in [-0.2, -0.15) is 0 Å². The van der Waals surface area contributed by atoms with Gasteiger partial charge >= 0.3 is 5.97 Å². The molecular formula is C15H22O3. The van der Waals surface area contributed by atoms with Crippen LogP contribution in [-0.4, -0.2) is 18.7 Å². The van der Waals surface area contributed by atoms with Crippen molar-refractivity contribution in [3.63, 3.8) is 0 Å². The number of hydrogen-bond donors (Lipinski definition) is 0. The maximum atomic E-state index is 11.6. The molecule has 1 aromatic rings. The molecule has 100 valence electrons. The van der Waals surface area contributed by atoms with Gasteiger partial charge in [0.05, 0.1) is 6.61 Å². The van der Waals surface area contributed by atoms with Gasteiger partial charge in [-0.25, -0.2) is 4.79 Å². The molecule has 18 heavy (non-hydrogen) atoms. The van der Waals surface area contributed by atoms with E-state index in [1.165, 1.54) is 5.56 Å². The summed E-state index contributed by atoms with van der Waals surface area (Å²) >= 11 is 0. The van der Waals surface area contributed by atoms with Gasteiger partial charge < -0.3 is 9.47 Å². The van der Waals surface area contributed by atoms with Crippen molar-refractivity contribution in [1.82, 2.24) is 0 Å². The molecule has 1 rings (SSSR count). The van der Waals surface area contributed by atoms with Crippen molar-refractivity contribution in [3.05, 3.63) is 29.8 Å². The quantitative estimate of drug-likeness (QED) is 0.550. The summed E-state index contributed by atoms with van der Waals surface area (Å²) in [6.45, 7) is 6.34. The number of rotatable bonds is 7. The van der Waals surface area contributed by atoms with Gasteiger partial charge in [-0.3, -0.25) is 0 Å². The van der Waals surface area contributed by atoms with Crippen molar-refractivity contribution >= 4 is 5.97 Å². The molecule has 0 unspecified atom stereocenters. The van der Waals surface area contributed by atoms with Gasteiger partial charge in [0.1, 0.15) is 5.75 Å². The Kier molecular flexibility index (Phi) is 6.26. The third-order valence-corrected chi connectivity index (χ3v) is 2.72. The van der Waals surface area contributed by atoms with E-state index < -0.39 is 6.10 Å². The molecule has 0 N–H and O–H groups in total. The number of esters is 1. The number of unbranched alkanes of at least 4 members (excludes halogenated alkanes) is 1. The molecule has 3 nitrogen and oxygen atoms in total. The Labute approximate surface area is 109 Å². The van der Waals surface area contributed by atoms with E-state index >= 15 is 0 Å². The molecule has 0 aromatic heterocycles. The standard InChI is InChI=1S/C15H22O3/c1-4-6-11-17-15(16)12(3)18-14-9-7-13(5-2)8-10-14/h7-10,12H,4-6,11H2,1-3H3/t12-/m0/s1. The van der Waals surface area contributed by atoms with Gasteiger partial charge in [-0.05, 0) is 37.5 Å². The molecule has 0 amide bonds. The van der Waals surface area contributed by atoms with Crippen LogP contribution in [0.2, 0.25) is 0 Å². The largest absolute Gasteiger partial charge is 0.479 e. The van der Waals surface area contributed by atoms with Crippen LogP contribution >= 0.6 is 0 Å². The fraction of sp³-hybridized carbons (Fsp3) is 0.533. The minimum absolute atomic E-state index is 0.303. The highest BCUT2D eigenvalue weighted by molar-refractivity contribution is 5.74. The summed E-state index contributed by atoms with van der Waals surface area (Å²) in [5.41, 5.74) is 1.25. The van der Waals surface area contributed by atoms with Crippen molar-refractivity contribution in [2.75, 3.05) is 6.61 Å². The first-order valence-electron chi connectivity index (χ1n) is 6.59. The van der Waals surface area contributed by atoms with Crippen LogP contribution in [-0.2, 0) is 16.0 Å². The Hall–Kier alpha value is -1.51. The molecule has 0 saturated carbocycles. The zero-order valence-electron chi connectivity index (χ0n) is 11.4. The van der Waals surface area contributed by atoms with Crippen LogP contribution in [0.4, 0.5) is 0 Å². The zero-order valence-corrected chi connectivity index (χ0v) is 11.4. The van der Waals surface area contributed by atoms with Crippen molar-refractivity contribution in [1.29, 1.82) is 0 Å². The van der Waals surface area contributed by atoms with Crippen molar-refractivity contribution in [3.8, 4) is 5.75 Å². The molecule has 0 bridgehead atoms. The van der Waals surface area contributed by atoms with Crippen LogP contribution in [0.5, 0.6) is 5.75 Å². The van der Waals surface area contributed by atoms with Crippen LogP contribution in [0.3, 0.4) is 0 Å². The lowest BCUT2D eigenvalue weighted by Gasteiger charge is -2.14. The van der Waals surface area contributed by atoms with Gasteiger partial charge in [-0.15, -0.1) is 0 Å². The third-order valence-electron chi connectivity index (χ3n) is 2.72. The molecule has 1 aromatic carbocycles. The van der Waals surface area contributed by atoms with Gasteiger partial charge in [-0.1, -0.05) is 32.4 Å². The van der Waals surface area contributed by atoms with E-state index in [0.29, 0.717) is 12.4 Å². The second-order valence-electron chi connectivity index (χ2n) is 4.28. The first kappa shape index (κ1) is 14.6. The van der Waals surface area contributed by atoms with Crippen LogP contribution in [0.15, 0.2) is 24.3 Å². The fourth-order valence-corrected chi connectivity index (χ4v) is 1.49. The van der Waals surface area contributed by atoms with Crippen LogP contribution in [0, 0.1) is 0 Å². The summed E-state index contributed by atoms with van der Waals surface area (Å²) in [7, 11) is 0. The topological polar surface area (TPSA) is 35.5 Å². The molecule has 1 atom stereocenters. The Balaban J connectivity index is 2.42. The smallest absolute Gasteiger partial charge is 0.347 e. The van der Waals surface area contributed by atoms with Crippen LogP contribution in [0.1, 0.15) is 39.2 Å². The Morgan fingerprint density at radius 1 is 1.22 bits per heavy atom. The fourth-order valence-electron chi connectivity index (χ4n) is 1.49. The number of ether oxygens (including phenoxy) is 2. The van der Waals surface area contributed by atoms with E-state index in [-0.39, 0.29) is 5.97 Å². The highest BCUT2D eigenvalue weighted by Crippen LogP contribution is 2.14. The normalized spacial score (nSPS) is 11.9. The second-order valence-corrected chi connectivity index (χ2v) is 4.28. The summed E-state index contributed by atoms with van der Waals surface area (Å²) in [4.78, 5) is 11.6. The average Bonchev–Trinajstić information content (AvgIpc) is 2.39. The SMILES string of the molecule is CCCCOC(=O)[C@H](C)Oc1ccc(CC)cc1. The summed E-state index contributed by atoms with van der Waals surface area (Å²) in [6.07, 6.45) is 2.34. The van der Waals surface area contributed by atoms with E-state index in [9.17, 15) is 4.79 Å². The Morgan fingerprint density at radius 2 is 1.89 bits per heavy atom. The number of carbonyl (C=O) groups is 1. The predicted octanol–water partition coefficient (Wildman–Crippen LogP) is 3.36. The Bertz CT molecular complexity index is 357. The van der Waals surface area contributed by atoms with Gasteiger partial charge in [0.15, 0.2) is 6.10 Å². The molecule has 0 saturated heterocycles. The zero-order chi connectivity index (χ0) is 13.4. The maximum absolute atomic E-state index is 11.6. The maximum Gasteiger partial charge on any atom is 0.347 e. The van der Waals surface area contributed by atoms with E-state index in [4.69, 9.17) is 9.47 Å². The summed E-state index contributed by atoms with van der Waals surface area (Å²) in [5.74, 6) is 0.398. The number of carbonyl (C=O) groups excluding carboxylic acids is 1. The van der Waals surface area contributed by atoms with E-state index in [1.807, 2.05) is 24.3 Å². The molecule has 0 aliphatic rings. The van der Waals surface area contributed by atoms with Crippen molar-refractivity contribution < 1.29 is 14.3 Å². The molecule has 0 radical (unpaired) electrons. The molecule has 3 heteroatoms. The van der Waals surface area contributed by atoms with Gasteiger partial charge in [0.25, 0.3) is 0 Å². The monoisotopic (exact) mass is 250 g/mol. The summed E-state index contributed by atoms with van der Waals surface area (Å²) in [5, 5.41) is 0. The molecule has 0 aliphatic heterocycles. The molecule has 0 aliphatic carbocycles. The van der Waals surface area contributed by atoms with Crippen molar-refractivity contribution in [2.45, 2.75) is 46.1 Å². The Morgan fingerprint density at radius 3 is 2.44 bits per heavy atom. The number of benzene rings is 1. The molecule has 0 heterocycles. The van der Waals surface area contributed by atoms with Gasteiger partial charge in [0, 0.05) is 0 Å². The third kappa shape index (κ3) is 4.78. The van der Waals surface area contributed by atoms with Crippen LogP contribution in [0.25, 0.3) is 0 Å². The van der Waals surface area contributed by atoms with E-state index in [1.54, 1.807) is 6.92 Å². The summed E-state index contributed by atoms with van der Waals surface area (Å²) in [6, 6.07) is 7.78. The molecular weight excluding hydrogens is 228 g/mol.